The number of para-hydroxylation sites is 1. The van der Waals surface area contributed by atoms with E-state index in [9.17, 15) is 9.18 Å². The molecule has 33 heavy (non-hydrogen) atoms. The van der Waals surface area contributed by atoms with Gasteiger partial charge in [-0.3, -0.25) is 4.79 Å². The normalized spacial score (nSPS) is 17.7. The third-order valence-electron chi connectivity index (χ3n) is 5.45. The van der Waals surface area contributed by atoms with E-state index in [1.54, 1.807) is 48.5 Å². The molecule has 1 aromatic heterocycles. The molecule has 5 nitrogen and oxygen atoms in total. The van der Waals surface area contributed by atoms with Crippen LogP contribution in [0.2, 0.25) is 10.0 Å². The van der Waals surface area contributed by atoms with Gasteiger partial charge in [0, 0.05) is 42.8 Å². The summed E-state index contributed by atoms with van der Waals surface area (Å²) in [6.45, 7) is 2.60. The summed E-state index contributed by atoms with van der Waals surface area (Å²) in [4.78, 5) is 21.3. The molecule has 168 valence electrons. The summed E-state index contributed by atoms with van der Waals surface area (Å²) in [6, 6.07) is 15.5. The third-order valence-corrected chi connectivity index (χ3v) is 7.06. The second-order valence-electron chi connectivity index (χ2n) is 7.56. The van der Waals surface area contributed by atoms with E-state index in [0.717, 1.165) is 0 Å². The van der Waals surface area contributed by atoms with Gasteiger partial charge in [0.15, 0.2) is 5.17 Å². The van der Waals surface area contributed by atoms with Crippen LogP contribution >= 0.6 is 35.0 Å². The number of nitrogens with zero attached hydrogens (tertiary/aromatic N) is 3. The Kier molecular flexibility index (Phi) is 6.19. The number of halogens is 3. The first-order chi connectivity index (χ1) is 16.0. The molecule has 1 saturated heterocycles. The Hall–Kier alpha value is -2.74. The van der Waals surface area contributed by atoms with Crippen LogP contribution in [0.25, 0.3) is 17.4 Å². The van der Waals surface area contributed by atoms with E-state index in [1.165, 1.54) is 17.8 Å². The number of piperazine rings is 1. The van der Waals surface area contributed by atoms with Crippen LogP contribution in [-0.4, -0.2) is 42.2 Å². The predicted octanol–water partition coefficient (Wildman–Crippen LogP) is 6.19. The van der Waals surface area contributed by atoms with Gasteiger partial charge in [0.05, 0.1) is 15.6 Å². The van der Waals surface area contributed by atoms with Crippen LogP contribution in [0.15, 0.2) is 68.9 Å². The van der Waals surface area contributed by atoms with E-state index in [1.807, 2.05) is 11.0 Å². The molecule has 0 bridgehead atoms. The second-order valence-corrected chi connectivity index (χ2v) is 9.41. The van der Waals surface area contributed by atoms with Crippen molar-refractivity contribution in [3.63, 3.8) is 0 Å². The number of furan rings is 1. The summed E-state index contributed by atoms with van der Waals surface area (Å²) in [5.74, 6) is 0.564. The lowest BCUT2D eigenvalue weighted by molar-refractivity contribution is -0.113. The number of amidine groups is 1. The molecule has 2 aromatic carbocycles. The fraction of sp³-hybridized carbons (Fsp3) is 0.167. The smallest absolute Gasteiger partial charge is 0.286 e. The van der Waals surface area contributed by atoms with Crippen LogP contribution in [0.5, 0.6) is 0 Å². The number of carbonyl (C=O) groups excluding carboxylic acids is 1. The zero-order valence-corrected chi connectivity index (χ0v) is 19.6. The highest BCUT2D eigenvalue weighted by Gasteiger charge is 2.29. The van der Waals surface area contributed by atoms with Gasteiger partial charge in [-0.1, -0.05) is 35.3 Å². The molecule has 0 atom stereocenters. The Bertz CT molecular complexity index is 1280. The van der Waals surface area contributed by atoms with E-state index in [-0.39, 0.29) is 11.7 Å². The van der Waals surface area contributed by atoms with Crippen LogP contribution in [0, 0.1) is 5.82 Å². The van der Waals surface area contributed by atoms with Gasteiger partial charge in [-0.15, -0.1) is 0 Å². The molecule has 0 radical (unpaired) electrons. The van der Waals surface area contributed by atoms with Crippen molar-refractivity contribution in [3.05, 3.63) is 81.1 Å². The van der Waals surface area contributed by atoms with Crippen molar-refractivity contribution < 1.29 is 13.6 Å². The van der Waals surface area contributed by atoms with Gasteiger partial charge in [-0.2, -0.15) is 4.99 Å². The second kappa shape index (κ2) is 9.25. The van der Waals surface area contributed by atoms with Crippen molar-refractivity contribution in [1.29, 1.82) is 0 Å². The standard InChI is InChI=1S/C24H18Cl2FN3O2S/c25-15-5-7-18(26)17(13-15)21-8-6-16(32-21)14-22-23(31)28-24(33-22)30-11-9-29(10-12-30)20-4-2-1-3-19(20)27/h1-8,13-14H,9-12H2. The van der Waals surface area contributed by atoms with Crippen LogP contribution < -0.4 is 4.90 Å². The number of hydrogen-bond donors (Lipinski definition) is 0. The summed E-state index contributed by atoms with van der Waals surface area (Å²) in [5.41, 5.74) is 1.28. The molecule has 0 N–H and O–H groups in total. The van der Waals surface area contributed by atoms with E-state index in [4.69, 9.17) is 27.6 Å². The number of amides is 1. The van der Waals surface area contributed by atoms with E-state index < -0.39 is 0 Å². The first-order valence-electron chi connectivity index (χ1n) is 10.3. The fourth-order valence-electron chi connectivity index (χ4n) is 3.77. The van der Waals surface area contributed by atoms with E-state index in [2.05, 4.69) is 9.89 Å². The number of carbonyl (C=O) groups is 1. The highest BCUT2D eigenvalue weighted by atomic mass is 35.5. The molecule has 5 rings (SSSR count). The summed E-state index contributed by atoms with van der Waals surface area (Å²) in [6.07, 6.45) is 1.68. The topological polar surface area (TPSA) is 49.1 Å². The van der Waals surface area contributed by atoms with Crippen LogP contribution in [0.3, 0.4) is 0 Å². The molecule has 3 heterocycles. The van der Waals surface area contributed by atoms with Gasteiger partial charge in [0.25, 0.3) is 5.91 Å². The molecule has 2 aliphatic rings. The molecule has 2 aliphatic heterocycles. The summed E-state index contributed by atoms with van der Waals surface area (Å²) < 4.78 is 20.0. The van der Waals surface area contributed by atoms with Crippen molar-refractivity contribution in [3.8, 4) is 11.3 Å². The molecule has 9 heteroatoms. The van der Waals surface area contributed by atoms with Crippen molar-refractivity contribution >= 4 is 57.8 Å². The average Bonchev–Trinajstić information content (AvgIpc) is 3.43. The van der Waals surface area contributed by atoms with Gasteiger partial charge in [-0.05, 0) is 54.2 Å². The third kappa shape index (κ3) is 4.67. The quantitative estimate of drug-likeness (QED) is 0.400. The minimum Gasteiger partial charge on any atom is -0.457 e. The number of aliphatic imine (C=N–C) groups is 1. The van der Waals surface area contributed by atoms with Crippen molar-refractivity contribution in [1.82, 2.24) is 4.90 Å². The van der Waals surface area contributed by atoms with E-state index >= 15 is 0 Å². The van der Waals surface area contributed by atoms with Gasteiger partial charge in [0.2, 0.25) is 0 Å². The molecule has 0 unspecified atom stereocenters. The Morgan fingerprint density at radius 3 is 2.55 bits per heavy atom. The molecule has 0 spiro atoms. The lowest BCUT2D eigenvalue weighted by atomic mass is 10.2. The first kappa shape index (κ1) is 22.1. The molecular formula is C24H18Cl2FN3O2S. The maximum atomic E-state index is 14.1. The Morgan fingerprint density at radius 2 is 1.76 bits per heavy atom. The average molecular weight is 502 g/mol. The SMILES string of the molecule is O=C1N=C(N2CCN(c3ccccc3F)CC2)SC1=Cc1ccc(-c2cc(Cl)ccc2Cl)o1. The van der Waals surface area contributed by atoms with E-state index in [0.29, 0.717) is 69.1 Å². The monoisotopic (exact) mass is 501 g/mol. The zero-order valence-electron chi connectivity index (χ0n) is 17.3. The summed E-state index contributed by atoms with van der Waals surface area (Å²) in [5, 5.41) is 1.74. The minimum absolute atomic E-state index is 0.226. The van der Waals surface area contributed by atoms with Gasteiger partial charge >= 0.3 is 0 Å². The number of anilines is 1. The van der Waals surface area contributed by atoms with Crippen LogP contribution in [-0.2, 0) is 4.79 Å². The van der Waals surface area contributed by atoms with Crippen LogP contribution in [0.1, 0.15) is 5.76 Å². The first-order valence-corrected chi connectivity index (χ1v) is 11.9. The molecule has 0 aliphatic carbocycles. The number of rotatable bonds is 3. The minimum atomic E-state index is -0.301. The maximum Gasteiger partial charge on any atom is 0.286 e. The van der Waals surface area contributed by atoms with Crippen molar-refractivity contribution in [2.75, 3.05) is 31.1 Å². The summed E-state index contributed by atoms with van der Waals surface area (Å²) in [7, 11) is 0. The summed E-state index contributed by atoms with van der Waals surface area (Å²) >= 11 is 13.6. The zero-order chi connectivity index (χ0) is 22.9. The molecule has 1 amide bonds. The maximum absolute atomic E-state index is 14.1. The Morgan fingerprint density at radius 1 is 1.00 bits per heavy atom. The number of hydrogen-bond acceptors (Lipinski definition) is 5. The highest BCUT2D eigenvalue weighted by molar-refractivity contribution is 8.18. The number of thioether (sulfide) groups is 1. The van der Waals surface area contributed by atoms with Crippen molar-refractivity contribution in [2.24, 2.45) is 4.99 Å². The largest absolute Gasteiger partial charge is 0.457 e. The number of benzene rings is 2. The van der Waals surface area contributed by atoms with Crippen molar-refractivity contribution in [2.45, 2.75) is 0 Å². The fourth-order valence-corrected chi connectivity index (χ4v) is 5.10. The molecule has 3 aromatic rings. The Balaban J connectivity index is 1.26. The van der Waals surface area contributed by atoms with Gasteiger partial charge in [0.1, 0.15) is 17.3 Å². The van der Waals surface area contributed by atoms with Gasteiger partial charge < -0.3 is 14.2 Å². The van der Waals surface area contributed by atoms with Crippen LogP contribution in [0.4, 0.5) is 10.1 Å². The Labute approximate surface area is 204 Å². The van der Waals surface area contributed by atoms with Gasteiger partial charge in [-0.25, -0.2) is 4.39 Å². The molecule has 0 saturated carbocycles. The lowest BCUT2D eigenvalue weighted by Crippen LogP contribution is -2.48. The molecule has 1 fully saturated rings. The molecular weight excluding hydrogens is 484 g/mol. The lowest BCUT2D eigenvalue weighted by Gasteiger charge is -2.36. The highest BCUT2D eigenvalue weighted by Crippen LogP contribution is 2.35. The predicted molar refractivity (Wildman–Crippen MR) is 132 cm³/mol.